The molecule has 42 heteroatoms. The first-order valence-electron chi connectivity index (χ1n) is 22.9. The van der Waals surface area contributed by atoms with Crippen LogP contribution < -0.4 is 9.80 Å². The number of carbonyl (C=O) groups excluding carboxylic acids is 4. The lowest BCUT2D eigenvalue weighted by atomic mass is 8.40. The van der Waals surface area contributed by atoms with Gasteiger partial charge in [0, 0.05) is 182 Å². The number of ether oxygens (including phenoxy) is 4. The van der Waals surface area contributed by atoms with E-state index in [-0.39, 0.29) is 19.3 Å². The van der Waals surface area contributed by atoms with E-state index in [1.54, 1.807) is 90.0 Å². The minimum Gasteiger partial charge on any atom is -0.443 e. The molecule has 2 aromatic heterocycles. The number of amides is 4. The summed E-state index contributed by atoms with van der Waals surface area (Å²) in [6, 6.07) is 0. The lowest BCUT2D eigenvalue weighted by Crippen LogP contribution is -2.79. The van der Waals surface area contributed by atoms with Gasteiger partial charge in [0.25, 0.3) is 10.1 Å². The molecule has 389 valence electrons. The van der Waals surface area contributed by atoms with Crippen LogP contribution >= 0.6 is 10.7 Å². The smallest absolute Gasteiger partial charge is 0.427 e. The van der Waals surface area contributed by atoms with Crippen LogP contribution in [0.15, 0.2) is 24.8 Å². The van der Waals surface area contributed by atoms with E-state index in [9.17, 15) is 41.1 Å². The molecule has 2 heterocycles. The maximum absolute atomic E-state index is 12.5. The van der Waals surface area contributed by atoms with Gasteiger partial charge in [0.05, 0.1) is 18.6 Å². The van der Waals surface area contributed by atoms with E-state index in [2.05, 4.69) is 30.6 Å². The lowest BCUT2D eigenvalue weighted by molar-refractivity contribution is 0.0404. The largest absolute Gasteiger partial charge is 0.443 e. The minimum atomic E-state index is -3.68. The monoisotopic (exact) mass is 1100 g/mol. The second-order valence-electron chi connectivity index (χ2n) is 20.8. The number of anilines is 2. The number of aliphatic hydroxyl groups excluding tert-OH is 1. The predicted molar refractivity (Wildman–Crippen MR) is 326 cm³/mol. The zero-order valence-electron chi connectivity index (χ0n) is 46.1. The third kappa shape index (κ3) is 34.0. The summed E-state index contributed by atoms with van der Waals surface area (Å²) in [6.45, 7) is 23.0. The molecule has 0 bridgehead atoms. The molecule has 2 unspecified atom stereocenters. The molecule has 2 aromatic rings. The number of aromatic nitrogens is 4. The average Bonchev–Trinajstić information content (AvgIpc) is 3.17. The van der Waals surface area contributed by atoms with Crippen molar-refractivity contribution in [3.05, 3.63) is 35.9 Å². The molecule has 77 heavy (non-hydrogen) atoms. The Kier molecular flexibility index (Phi) is 33.6. The molecule has 21 radical (unpaired) electrons. The van der Waals surface area contributed by atoms with E-state index in [1.165, 1.54) is 38.8 Å². The first kappa shape index (κ1) is 78.2. The number of rotatable bonds is 14. The number of imide groups is 2. The molecule has 0 spiro atoms. The Labute approximate surface area is 480 Å². The first-order valence-corrected chi connectivity index (χ1v) is 27.4. The van der Waals surface area contributed by atoms with Crippen LogP contribution in [0.3, 0.4) is 0 Å². The van der Waals surface area contributed by atoms with Crippen LogP contribution in [0, 0.1) is 0 Å². The van der Waals surface area contributed by atoms with Crippen molar-refractivity contribution in [3.63, 3.8) is 0 Å². The summed E-state index contributed by atoms with van der Waals surface area (Å²) in [5.41, 5.74) is -2.56. The Bertz CT molecular complexity index is 2270. The molecule has 2 rings (SSSR count). The third-order valence-corrected chi connectivity index (χ3v) is 9.26. The van der Waals surface area contributed by atoms with Gasteiger partial charge in [0.1, 0.15) is 28.5 Å². The van der Waals surface area contributed by atoms with Gasteiger partial charge in [0.15, 0.2) is 0 Å². The number of nitrogens with zero attached hydrogens (tertiary/aromatic N) is 6. The summed E-state index contributed by atoms with van der Waals surface area (Å²) < 4.78 is 67.0. The quantitative estimate of drug-likeness (QED) is 0.113. The van der Waals surface area contributed by atoms with Crippen molar-refractivity contribution < 1.29 is 64.3 Å². The van der Waals surface area contributed by atoms with Gasteiger partial charge in [-0.25, -0.2) is 47.5 Å². The summed E-state index contributed by atoms with van der Waals surface area (Å²) in [5.74, 6) is -0.471. The maximum Gasteiger partial charge on any atom is 0.427 e. The summed E-state index contributed by atoms with van der Waals surface area (Å²) in [5, 5.41) is 9.50. The normalized spacial score (nSPS) is 12.0. The number of hydrogen-bond donors (Lipinski definition) is 1. The van der Waals surface area contributed by atoms with E-state index in [4.69, 9.17) is 101 Å². The summed E-state index contributed by atoms with van der Waals surface area (Å²) in [6.07, 6.45) is -4.23. The molecule has 4 amide bonds. The molecule has 2 atom stereocenters. The highest BCUT2D eigenvalue weighted by Gasteiger charge is 2.43. The molecular formula is C35H59B19ClN6O14S2. The van der Waals surface area contributed by atoms with Gasteiger partial charge in [-0.15, -0.1) is 9.80 Å². The molecule has 0 saturated heterocycles. The summed E-state index contributed by atoms with van der Waals surface area (Å²) in [7, 11) is 56.0. The molecule has 0 aliphatic heterocycles. The van der Waals surface area contributed by atoms with Gasteiger partial charge in [-0.3, -0.25) is 4.18 Å². The predicted octanol–water partition coefficient (Wildman–Crippen LogP) is -0.0174. The second-order valence-corrected chi connectivity index (χ2v) is 25.5. The van der Waals surface area contributed by atoms with Crippen molar-refractivity contribution in [2.75, 3.05) is 22.3 Å². The highest BCUT2D eigenvalue weighted by atomic mass is 35.7. The molecule has 0 aliphatic carbocycles. The van der Waals surface area contributed by atoms with Crippen molar-refractivity contribution >= 4 is 202 Å². The Morgan fingerprint density at radius 3 is 0.974 bits per heavy atom. The van der Waals surface area contributed by atoms with Gasteiger partial charge in [0.2, 0.25) is 20.9 Å². The molecule has 0 aromatic carbocycles. The Hall–Kier alpha value is -3.02. The molecule has 0 fully saturated rings. The second kappa shape index (κ2) is 33.0. The fraction of sp³-hybridized carbons (Fsp3) is 0.657. The highest BCUT2D eigenvalue weighted by molar-refractivity contribution is 8.18. The van der Waals surface area contributed by atoms with Crippen LogP contribution in [0.25, 0.3) is 0 Å². The van der Waals surface area contributed by atoms with E-state index < -0.39 is 129 Å². The van der Waals surface area contributed by atoms with Crippen molar-refractivity contribution in [1.82, 2.24) is 19.9 Å². The lowest BCUT2D eigenvalue weighted by Gasteiger charge is -2.41. The van der Waals surface area contributed by atoms with Gasteiger partial charge in [-0.1, -0.05) is 7.43 Å². The van der Waals surface area contributed by atoms with Crippen LogP contribution in [0.1, 0.15) is 128 Å². The SMILES string of the molecule is C.CC(O)c1cnc(N(C(=O)OC(C)(C)C)C(=O)OC(C)(C)C)nc1.CC(OS(C)(=O)=O)c1cnc(N(C(=O)OC(C)(C)C)C(=O)OC(C)(C)C)nc1.CS(=O)(=O)Cl.[B][B]B([B])B(B(B([B])[B])B([B])[B])B(B([B])[B])B([B])[B]. The molecule has 1 N–H and O–H groups in total. The van der Waals surface area contributed by atoms with Gasteiger partial charge in [-0.2, -0.15) is 8.42 Å². The third-order valence-electron chi connectivity index (χ3n) is 8.62. The zero-order chi connectivity index (χ0) is 60.4. The van der Waals surface area contributed by atoms with E-state index >= 15 is 0 Å². The summed E-state index contributed by atoms with van der Waals surface area (Å²) in [4.78, 5) is 66.8. The number of aliphatic hydroxyl groups is 1. The highest BCUT2D eigenvalue weighted by Crippen LogP contribution is 2.23. The van der Waals surface area contributed by atoms with Crippen molar-refractivity contribution in [3.8, 4) is 0 Å². The fourth-order valence-electron chi connectivity index (χ4n) is 5.78. The first-order chi connectivity index (χ1) is 33.9. The number of halogens is 1. The van der Waals surface area contributed by atoms with Crippen molar-refractivity contribution in [2.45, 2.75) is 139 Å². The maximum atomic E-state index is 12.5. The van der Waals surface area contributed by atoms with Crippen LogP contribution in [0.4, 0.5) is 31.1 Å². The standard InChI is InChI=1S/C17H27N3O7S.C16H25N3O5.CH3ClO2S.CH4.B19/c1-11(27-28(8,23)24)12-9-18-13(19-10-12)20(14(21)25-16(2,3)4)15(22)26-17(5,6)7;1-10(20)11-8-17-12(18-9-11)19(13(21)23-15(2,3)4)14(22)24-16(5,6)7;1-5(2,3)4;;1-11-16(10)19(17(12(2)3)13(4)5)18(14(6)7)15(8)9/h9-11H,1-8H3;8-10,20H,1-7H3;1H3;1H4;. The fourth-order valence-corrected chi connectivity index (χ4v) is 6.42. The van der Waals surface area contributed by atoms with Crippen molar-refractivity contribution in [2.24, 2.45) is 0 Å². The van der Waals surface area contributed by atoms with Crippen LogP contribution in [0.2, 0.25) is 0 Å². The topological polar surface area (TPSA) is 261 Å². The Morgan fingerprint density at radius 2 is 0.792 bits per heavy atom. The van der Waals surface area contributed by atoms with Crippen molar-refractivity contribution in [1.29, 1.82) is 0 Å². The van der Waals surface area contributed by atoms with Gasteiger partial charge >= 0.3 is 24.4 Å². The van der Waals surface area contributed by atoms with Crippen LogP contribution in [-0.2, 0) is 42.3 Å². The van der Waals surface area contributed by atoms with E-state index in [0.29, 0.717) is 20.9 Å². The van der Waals surface area contributed by atoms with Crippen LogP contribution in [0.5, 0.6) is 0 Å². The Balaban J connectivity index is -0.00000103. The number of carbonyl (C=O) groups is 4. The number of hydrogen-bond acceptors (Lipinski definition) is 18. The average molecular weight is 1090 g/mol. The molecule has 0 saturated carbocycles. The van der Waals surface area contributed by atoms with E-state index in [1.807, 2.05) is 0 Å². The summed E-state index contributed by atoms with van der Waals surface area (Å²) >= 11 is 0. The van der Waals surface area contributed by atoms with Gasteiger partial charge < -0.3 is 24.1 Å². The molecule has 0 aliphatic rings. The van der Waals surface area contributed by atoms with E-state index in [0.717, 1.165) is 12.5 Å². The Morgan fingerprint density at radius 1 is 0.558 bits per heavy atom. The van der Waals surface area contributed by atoms with Gasteiger partial charge in [-0.05, 0) is 96.9 Å². The molecule has 20 nitrogen and oxygen atoms in total. The molecular weight excluding hydrogens is 1030 g/mol. The zero-order valence-corrected chi connectivity index (χ0v) is 48.5. The minimum absolute atomic E-state index is 0. The van der Waals surface area contributed by atoms with Crippen LogP contribution in [-0.4, -0.2) is 237 Å².